The van der Waals surface area contributed by atoms with Crippen LogP contribution in [0.5, 0.6) is 0 Å². The molecule has 2 atom stereocenters. The molecule has 2 heterocycles. The van der Waals surface area contributed by atoms with Crippen molar-refractivity contribution in [2.45, 2.75) is 45.2 Å². The molecule has 2 unspecified atom stereocenters. The van der Waals surface area contributed by atoms with Gasteiger partial charge in [0.25, 0.3) is 0 Å². The fraction of sp³-hybridized carbons (Fsp3) is 0.632. The second-order valence-corrected chi connectivity index (χ2v) is 7.64. The number of carbonyl (C=O) groups is 1. The summed E-state index contributed by atoms with van der Waals surface area (Å²) in [5.41, 5.74) is 2.60. The molecule has 0 aromatic heterocycles. The molecule has 2 fully saturated rings. The van der Waals surface area contributed by atoms with E-state index in [1.54, 1.807) is 0 Å². The number of amides is 1. The maximum Gasteiger partial charge on any atom is 0.237 e. The van der Waals surface area contributed by atoms with Crippen molar-refractivity contribution < 1.29 is 4.79 Å². The van der Waals surface area contributed by atoms with E-state index in [0.29, 0.717) is 5.92 Å². The quantitative estimate of drug-likeness (QED) is 0.859. The van der Waals surface area contributed by atoms with Crippen molar-refractivity contribution in [1.29, 1.82) is 0 Å². The summed E-state index contributed by atoms with van der Waals surface area (Å²) in [5, 5.41) is 7.22. The predicted octanol–water partition coefficient (Wildman–Crippen LogP) is 2.73. The third-order valence-electron chi connectivity index (χ3n) is 5.24. The molecule has 4 nitrogen and oxygen atoms in total. The first-order valence-corrected chi connectivity index (χ1v) is 9.48. The van der Waals surface area contributed by atoms with Crippen LogP contribution in [0.3, 0.4) is 0 Å². The molecule has 0 saturated carbocycles. The number of hydrogen-bond donors (Lipinski definition) is 2. The minimum atomic E-state index is 0.0291. The normalized spacial score (nSPS) is 24.9. The van der Waals surface area contributed by atoms with E-state index in [2.05, 4.69) is 28.5 Å². The first kappa shape index (κ1) is 17.7. The van der Waals surface area contributed by atoms with Gasteiger partial charge in [-0.05, 0) is 74.9 Å². The van der Waals surface area contributed by atoms with Gasteiger partial charge < -0.3 is 10.6 Å². The van der Waals surface area contributed by atoms with Gasteiger partial charge in [-0.25, -0.2) is 0 Å². The first-order valence-electron chi connectivity index (χ1n) is 9.10. The summed E-state index contributed by atoms with van der Waals surface area (Å²) in [6, 6.07) is 6.17. The van der Waals surface area contributed by atoms with Gasteiger partial charge in [-0.1, -0.05) is 17.7 Å². The minimum Gasteiger partial charge on any atom is -0.354 e. The standard InChI is InChI=1S/C19H28ClN3O/c1-14-10-17(20)7-6-16(14)13-23-9-3-4-15(12-23)11-22-19(24)18-5-2-8-21-18/h6-7,10,15,18,21H,2-5,8-9,11-13H2,1H3,(H,22,24). The van der Waals surface area contributed by atoms with E-state index in [-0.39, 0.29) is 11.9 Å². The van der Waals surface area contributed by atoms with Crippen LogP contribution >= 0.6 is 11.6 Å². The molecule has 1 aromatic carbocycles. The van der Waals surface area contributed by atoms with Crippen LogP contribution in [-0.4, -0.2) is 43.0 Å². The predicted molar refractivity (Wildman–Crippen MR) is 98.2 cm³/mol. The van der Waals surface area contributed by atoms with Gasteiger partial charge in [0.2, 0.25) is 5.91 Å². The van der Waals surface area contributed by atoms with E-state index >= 15 is 0 Å². The molecule has 0 aliphatic carbocycles. The van der Waals surface area contributed by atoms with Gasteiger partial charge in [-0.15, -0.1) is 0 Å². The SMILES string of the molecule is Cc1cc(Cl)ccc1CN1CCCC(CNC(=O)C2CCCN2)C1. The molecule has 1 aromatic rings. The maximum absolute atomic E-state index is 12.1. The smallest absolute Gasteiger partial charge is 0.237 e. The van der Waals surface area contributed by atoms with Gasteiger partial charge in [0.05, 0.1) is 6.04 Å². The minimum absolute atomic E-state index is 0.0291. The van der Waals surface area contributed by atoms with Crippen LogP contribution in [0.2, 0.25) is 5.02 Å². The summed E-state index contributed by atoms with van der Waals surface area (Å²) >= 11 is 6.05. The highest BCUT2D eigenvalue weighted by molar-refractivity contribution is 6.30. The van der Waals surface area contributed by atoms with Gasteiger partial charge in [0.15, 0.2) is 0 Å². The Labute approximate surface area is 149 Å². The fourth-order valence-corrected chi connectivity index (χ4v) is 4.04. The Kier molecular flexibility index (Phi) is 6.14. The number of hydrogen-bond acceptors (Lipinski definition) is 3. The van der Waals surface area contributed by atoms with E-state index in [9.17, 15) is 4.79 Å². The molecule has 2 N–H and O–H groups in total. The number of nitrogens with zero attached hydrogens (tertiary/aromatic N) is 1. The zero-order valence-corrected chi connectivity index (χ0v) is 15.2. The molecule has 132 valence electrons. The summed E-state index contributed by atoms with van der Waals surface area (Å²) in [6.07, 6.45) is 4.48. The highest BCUT2D eigenvalue weighted by Crippen LogP contribution is 2.21. The summed E-state index contributed by atoms with van der Waals surface area (Å²) in [5.74, 6) is 0.731. The third kappa shape index (κ3) is 4.71. The number of likely N-dealkylation sites (tertiary alicyclic amines) is 1. The van der Waals surface area contributed by atoms with Crippen LogP contribution in [0.15, 0.2) is 18.2 Å². The van der Waals surface area contributed by atoms with E-state index in [0.717, 1.165) is 50.6 Å². The van der Waals surface area contributed by atoms with Crippen LogP contribution in [0.4, 0.5) is 0 Å². The summed E-state index contributed by atoms with van der Waals surface area (Å²) < 4.78 is 0. The molecule has 0 spiro atoms. The maximum atomic E-state index is 12.1. The lowest BCUT2D eigenvalue weighted by molar-refractivity contribution is -0.123. The van der Waals surface area contributed by atoms with Crippen molar-refractivity contribution in [2.24, 2.45) is 5.92 Å². The van der Waals surface area contributed by atoms with Crippen LogP contribution in [0.1, 0.15) is 36.8 Å². The molecule has 0 bridgehead atoms. The fourth-order valence-electron chi connectivity index (χ4n) is 3.82. The van der Waals surface area contributed by atoms with Crippen LogP contribution in [-0.2, 0) is 11.3 Å². The van der Waals surface area contributed by atoms with E-state index in [1.165, 1.54) is 24.0 Å². The topological polar surface area (TPSA) is 44.4 Å². The van der Waals surface area contributed by atoms with Gasteiger partial charge in [-0.2, -0.15) is 0 Å². The van der Waals surface area contributed by atoms with Crippen molar-refractivity contribution >= 4 is 17.5 Å². The molecular weight excluding hydrogens is 322 g/mol. The number of benzene rings is 1. The molecule has 24 heavy (non-hydrogen) atoms. The number of nitrogens with one attached hydrogen (secondary N) is 2. The Morgan fingerprint density at radius 2 is 2.25 bits per heavy atom. The lowest BCUT2D eigenvalue weighted by Crippen LogP contribution is -2.45. The third-order valence-corrected chi connectivity index (χ3v) is 5.48. The highest BCUT2D eigenvalue weighted by Gasteiger charge is 2.24. The first-order chi connectivity index (χ1) is 11.6. The highest BCUT2D eigenvalue weighted by atomic mass is 35.5. The summed E-state index contributed by atoms with van der Waals surface area (Å²) in [4.78, 5) is 14.6. The van der Waals surface area contributed by atoms with Gasteiger partial charge in [0.1, 0.15) is 0 Å². The number of piperidine rings is 1. The van der Waals surface area contributed by atoms with Crippen molar-refractivity contribution in [3.63, 3.8) is 0 Å². The molecule has 0 radical (unpaired) electrons. The van der Waals surface area contributed by atoms with E-state index < -0.39 is 0 Å². The number of carbonyl (C=O) groups excluding carboxylic acids is 1. The molecule has 2 aliphatic heterocycles. The number of aryl methyl sites for hydroxylation is 1. The molecule has 1 amide bonds. The largest absolute Gasteiger partial charge is 0.354 e. The Morgan fingerprint density at radius 1 is 1.38 bits per heavy atom. The van der Waals surface area contributed by atoms with Crippen molar-refractivity contribution in [1.82, 2.24) is 15.5 Å². The molecule has 3 rings (SSSR count). The lowest BCUT2D eigenvalue weighted by Gasteiger charge is -2.33. The zero-order valence-electron chi connectivity index (χ0n) is 14.5. The van der Waals surface area contributed by atoms with Crippen molar-refractivity contribution in [2.75, 3.05) is 26.2 Å². The summed E-state index contributed by atoms with van der Waals surface area (Å²) in [6.45, 7) is 7.05. The monoisotopic (exact) mass is 349 g/mol. The Balaban J connectivity index is 1.48. The van der Waals surface area contributed by atoms with Gasteiger partial charge in [0, 0.05) is 24.7 Å². The number of halogens is 1. The average Bonchev–Trinajstić information content (AvgIpc) is 3.10. The second-order valence-electron chi connectivity index (χ2n) is 7.21. The van der Waals surface area contributed by atoms with Crippen molar-refractivity contribution in [3.05, 3.63) is 34.3 Å². The lowest BCUT2D eigenvalue weighted by atomic mass is 9.97. The van der Waals surface area contributed by atoms with E-state index in [4.69, 9.17) is 11.6 Å². The van der Waals surface area contributed by atoms with Crippen LogP contribution in [0, 0.1) is 12.8 Å². The molecule has 2 saturated heterocycles. The summed E-state index contributed by atoms with van der Waals surface area (Å²) in [7, 11) is 0. The Bertz CT molecular complexity index is 572. The molecule has 5 heteroatoms. The zero-order chi connectivity index (χ0) is 16.9. The molecular formula is C19H28ClN3O. The van der Waals surface area contributed by atoms with E-state index in [1.807, 2.05) is 12.1 Å². The van der Waals surface area contributed by atoms with Crippen LogP contribution < -0.4 is 10.6 Å². The second kappa shape index (κ2) is 8.32. The van der Waals surface area contributed by atoms with Crippen molar-refractivity contribution in [3.8, 4) is 0 Å². The van der Waals surface area contributed by atoms with Gasteiger partial charge >= 0.3 is 0 Å². The van der Waals surface area contributed by atoms with Gasteiger partial charge in [-0.3, -0.25) is 9.69 Å². The number of rotatable bonds is 5. The van der Waals surface area contributed by atoms with Crippen LogP contribution in [0.25, 0.3) is 0 Å². The average molecular weight is 350 g/mol. The molecule has 2 aliphatic rings. The Hall–Kier alpha value is -1.10. The Morgan fingerprint density at radius 3 is 3.00 bits per heavy atom.